The molecule has 0 aliphatic carbocycles. The third kappa shape index (κ3) is 7.28. The number of hydrogen-bond acceptors (Lipinski definition) is 8. The Labute approximate surface area is 241 Å². The van der Waals surface area contributed by atoms with Crippen LogP contribution in [0.3, 0.4) is 0 Å². The highest BCUT2D eigenvalue weighted by atomic mass is 35.5. The molecule has 1 fully saturated rings. The van der Waals surface area contributed by atoms with Crippen LogP contribution in [0.5, 0.6) is 23.0 Å². The number of thioether (sulfide) groups is 1. The van der Waals surface area contributed by atoms with Gasteiger partial charge in [-0.25, -0.2) is 0 Å². The Balaban J connectivity index is 1.38. The Morgan fingerprint density at radius 3 is 2.42 bits per heavy atom. The maximum absolute atomic E-state index is 12.9. The minimum absolute atomic E-state index is 0.0906. The van der Waals surface area contributed by atoms with Gasteiger partial charge in [0.15, 0.2) is 29.6 Å². The number of hydrogen-bond donors (Lipinski definition) is 1. The van der Waals surface area contributed by atoms with E-state index < -0.39 is 5.91 Å². The van der Waals surface area contributed by atoms with Gasteiger partial charge in [0.25, 0.3) is 17.1 Å². The first-order valence-corrected chi connectivity index (χ1v) is 13.5. The van der Waals surface area contributed by atoms with Crippen LogP contribution >= 0.6 is 23.4 Å². The number of nitrogens with one attached hydrogen (secondary N) is 1. The van der Waals surface area contributed by atoms with Crippen LogP contribution in [0, 0.1) is 0 Å². The molecule has 208 valence electrons. The first kappa shape index (κ1) is 28.8. The molecule has 1 N–H and O–H groups in total. The Kier molecular flexibility index (Phi) is 9.93. The lowest BCUT2D eigenvalue weighted by Crippen LogP contribution is -2.32. The van der Waals surface area contributed by atoms with E-state index in [4.69, 9.17) is 30.5 Å². The van der Waals surface area contributed by atoms with E-state index in [1.165, 1.54) is 7.11 Å². The molecule has 1 saturated heterocycles. The molecule has 0 radical (unpaired) electrons. The molecule has 0 spiro atoms. The van der Waals surface area contributed by atoms with E-state index in [1.54, 1.807) is 60.7 Å². The van der Waals surface area contributed by atoms with Gasteiger partial charge in [0, 0.05) is 0 Å². The number of carbonyl (C=O) groups excluding carboxylic acids is 3. The van der Waals surface area contributed by atoms with Crippen LogP contribution in [0.2, 0.25) is 5.02 Å². The Bertz CT molecular complexity index is 1430. The molecule has 11 heteroatoms. The second-order valence-corrected chi connectivity index (χ2v) is 9.69. The van der Waals surface area contributed by atoms with E-state index in [0.717, 1.165) is 16.7 Å². The predicted molar refractivity (Wildman–Crippen MR) is 154 cm³/mol. The van der Waals surface area contributed by atoms with Crippen molar-refractivity contribution in [3.8, 4) is 23.0 Å². The number of para-hydroxylation sites is 3. The van der Waals surface area contributed by atoms with Gasteiger partial charge in [0.2, 0.25) is 0 Å². The third-order valence-corrected chi connectivity index (χ3v) is 6.82. The SMILES string of the molecule is CCOc1cc(/C=C2\SC(=O)N(CCOc3ccccc3OC)C2=O)ccc1OCC(=O)Nc1ccccc1Cl. The number of halogens is 1. The van der Waals surface area contributed by atoms with Crippen LogP contribution in [0.25, 0.3) is 6.08 Å². The Hall–Kier alpha value is -4.15. The van der Waals surface area contributed by atoms with Crippen molar-refractivity contribution in [1.82, 2.24) is 4.90 Å². The molecular weight excluding hydrogens is 556 g/mol. The zero-order valence-electron chi connectivity index (χ0n) is 21.8. The lowest BCUT2D eigenvalue weighted by molar-refractivity contribution is -0.123. The van der Waals surface area contributed by atoms with Crippen LogP contribution in [-0.4, -0.2) is 55.4 Å². The van der Waals surface area contributed by atoms with Crippen molar-refractivity contribution in [2.75, 3.05) is 38.8 Å². The van der Waals surface area contributed by atoms with E-state index in [0.29, 0.717) is 45.9 Å². The van der Waals surface area contributed by atoms with Gasteiger partial charge in [-0.05, 0) is 66.7 Å². The molecule has 1 aliphatic heterocycles. The van der Waals surface area contributed by atoms with E-state index in [2.05, 4.69) is 5.32 Å². The van der Waals surface area contributed by atoms with Gasteiger partial charge < -0.3 is 24.3 Å². The topological polar surface area (TPSA) is 103 Å². The van der Waals surface area contributed by atoms with Gasteiger partial charge in [-0.3, -0.25) is 19.3 Å². The summed E-state index contributed by atoms with van der Waals surface area (Å²) in [5.41, 5.74) is 1.12. The van der Waals surface area contributed by atoms with Crippen molar-refractivity contribution >= 4 is 52.2 Å². The van der Waals surface area contributed by atoms with Gasteiger partial charge >= 0.3 is 0 Å². The molecule has 0 aromatic heterocycles. The zero-order chi connectivity index (χ0) is 28.5. The number of imide groups is 1. The molecule has 3 amide bonds. The lowest BCUT2D eigenvalue weighted by Gasteiger charge is -2.14. The van der Waals surface area contributed by atoms with Crippen LogP contribution < -0.4 is 24.3 Å². The number of benzene rings is 3. The summed E-state index contributed by atoms with van der Waals surface area (Å²) >= 11 is 6.94. The molecule has 1 heterocycles. The number of carbonyl (C=O) groups is 3. The highest BCUT2D eigenvalue weighted by Gasteiger charge is 2.35. The van der Waals surface area contributed by atoms with Crippen molar-refractivity contribution in [3.05, 3.63) is 82.2 Å². The smallest absolute Gasteiger partial charge is 0.293 e. The monoisotopic (exact) mass is 582 g/mol. The van der Waals surface area contributed by atoms with Crippen molar-refractivity contribution in [3.63, 3.8) is 0 Å². The minimum atomic E-state index is -0.409. The number of ether oxygens (including phenoxy) is 4. The number of nitrogens with zero attached hydrogens (tertiary/aromatic N) is 1. The molecular formula is C29H27ClN2O7S. The molecule has 1 aliphatic rings. The Morgan fingerprint density at radius 2 is 1.68 bits per heavy atom. The summed E-state index contributed by atoms with van der Waals surface area (Å²) in [6.07, 6.45) is 1.61. The van der Waals surface area contributed by atoms with Gasteiger partial charge in [-0.15, -0.1) is 0 Å². The molecule has 9 nitrogen and oxygen atoms in total. The number of methoxy groups -OCH3 is 1. The fourth-order valence-corrected chi connectivity index (χ4v) is 4.77. The maximum Gasteiger partial charge on any atom is 0.293 e. The molecule has 3 aromatic carbocycles. The van der Waals surface area contributed by atoms with Crippen LogP contribution in [0.15, 0.2) is 71.6 Å². The fourth-order valence-electron chi connectivity index (χ4n) is 3.72. The summed E-state index contributed by atoms with van der Waals surface area (Å²) < 4.78 is 22.3. The normalized spacial score (nSPS) is 13.9. The molecule has 0 unspecified atom stereocenters. The quantitative estimate of drug-likeness (QED) is 0.264. The second-order valence-electron chi connectivity index (χ2n) is 8.29. The molecule has 0 saturated carbocycles. The average molecular weight is 583 g/mol. The van der Waals surface area contributed by atoms with Crippen LogP contribution in [-0.2, 0) is 9.59 Å². The first-order valence-electron chi connectivity index (χ1n) is 12.3. The van der Waals surface area contributed by atoms with Crippen LogP contribution in [0.1, 0.15) is 12.5 Å². The van der Waals surface area contributed by atoms with E-state index in [9.17, 15) is 14.4 Å². The number of rotatable bonds is 12. The highest BCUT2D eigenvalue weighted by molar-refractivity contribution is 8.18. The molecule has 3 aromatic rings. The highest BCUT2D eigenvalue weighted by Crippen LogP contribution is 2.35. The van der Waals surface area contributed by atoms with Crippen molar-refractivity contribution < 1.29 is 33.3 Å². The summed E-state index contributed by atoms with van der Waals surface area (Å²) in [6.45, 7) is 2.12. The van der Waals surface area contributed by atoms with E-state index in [1.807, 2.05) is 19.1 Å². The standard InChI is InChI=1S/C29H27ClN2O7S/c1-3-37-25-16-19(12-13-24(25)39-18-27(33)31-21-9-5-4-8-20(21)30)17-26-28(34)32(29(35)40-26)14-15-38-23-11-7-6-10-22(23)36-2/h4-13,16-17H,3,14-15,18H2,1-2H3,(H,31,33)/b26-17-. The van der Waals surface area contributed by atoms with E-state index >= 15 is 0 Å². The van der Waals surface area contributed by atoms with Crippen molar-refractivity contribution in [2.24, 2.45) is 0 Å². The van der Waals surface area contributed by atoms with Crippen molar-refractivity contribution in [1.29, 1.82) is 0 Å². The summed E-state index contributed by atoms with van der Waals surface area (Å²) in [7, 11) is 1.54. The summed E-state index contributed by atoms with van der Waals surface area (Å²) in [6, 6.07) is 19.1. The number of anilines is 1. The molecule has 0 atom stereocenters. The third-order valence-electron chi connectivity index (χ3n) is 5.59. The maximum atomic E-state index is 12.9. The second kappa shape index (κ2) is 13.8. The van der Waals surface area contributed by atoms with Crippen LogP contribution in [0.4, 0.5) is 10.5 Å². The molecule has 4 rings (SSSR count). The van der Waals surface area contributed by atoms with E-state index in [-0.39, 0.29) is 35.8 Å². The summed E-state index contributed by atoms with van der Waals surface area (Å²) in [5, 5.41) is 2.74. The predicted octanol–water partition coefficient (Wildman–Crippen LogP) is 5.88. The molecule has 0 bridgehead atoms. The Morgan fingerprint density at radius 1 is 0.950 bits per heavy atom. The first-order chi connectivity index (χ1) is 19.4. The zero-order valence-corrected chi connectivity index (χ0v) is 23.4. The van der Waals surface area contributed by atoms with Gasteiger partial charge in [-0.1, -0.05) is 41.9 Å². The average Bonchev–Trinajstić information content (AvgIpc) is 3.21. The van der Waals surface area contributed by atoms with Gasteiger partial charge in [-0.2, -0.15) is 0 Å². The largest absolute Gasteiger partial charge is 0.493 e. The number of amides is 3. The fraction of sp³-hybridized carbons (Fsp3) is 0.207. The van der Waals surface area contributed by atoms with Gasteiger partial charge in [0.05, 0.1) is 35.9 Å². The van der Waals surface area contributed by atoms with Crippen molar-refractivity contribution in [2.45, 2.75) is 6.92 Å². The van der Waals surface area contributed by atoms with Gasteiger partial charge in [0.1, 0.15) is 6.61 Å². The summed E-state index contributed by atoms with van der Waals surface area (Å²) in [5.74, 6) is 1.05. The molecule has 40 heavy (non-hydrogen) atoms. The summed E-state index contributed by atoms with van der Waals surface area (Å²) in [4.78, 5) is 39.2. The minimum Gasteiger partial charge on any atom is -0.493 e. The lowest BCUT2D eigenvalue weighted by atomic mass is 10.2.